The van der Waals surface area contributed by atoms with Crippen LogP contribution in [-0.4, -0.2) is 18.1 Å². The van der Waals surface area contributed by atoms with Crippen molar-refractivity contribution in [1.29, 1.82) is 0 Å². The molecule has 1 aliphatic rings. The molecule has 0 heterocycles. The molecule has 0 aromatic rings. The summed E-state index contributed by atoms with van der Waals surface area (Å²) in [6, 6.07) is 0. The number of Topliss-reactive ketones (excluding diaryl/α,β-unsaturated/α-hetero) is 1. The standard InChI is InChI=1S/C8H15OP/c1-6-3-4-7(10-2)5-8(6)9/h6-7,10H,3-5H2,1-2H3/t6-,7?/m0/s1. The first-order valence-electron chi connectivity index (χ1n) is 3.94. The molecule has 0 aromatic carbocycles. The first-order chi connectivity index (χ1) is 4.74. The average molecular weight is 158 g/mol. The van der Waals surface area contributed by atoms with Crippen LogP contribution < -0.4 is 0 Å². The quantitative estimate of drug-likeness (QED) is 0.534. The second kappa shape index (κ2) is 3.48. The van der Waals surface area contributed by atoms with E-state index < -0.39 is 0 Å². The maximum Gasteiger partial charge on any atom is 0.136 e. The number of carbonyl (C=O) groups excluding carboxylic acids is 1. The second-order valence-corrected chi connectivity index (χ2v) is 4.53. The SMILES string of the molecule is CPC1CC[C@H](C)C(=O)C1. The molecule has 3 atom stereocenters. The average Bonchev–Trinajstić information content (AvgIpc) is 1.95. The summed E-state index contributed by atoms with van der Waals surface area (Å²) in [6.45, 7) is 4.26. The van der Waals surface area contributed by atoms with E-state index in [1.54, 1.807) is 0 Å². The number of hydrogen-bond donors (Lipinski definition) is 0. The summed E-state index contributed by atoms with van der Waals surface area (Å²) < 4.78 is 0. The molecular formula is C8H15OP. The molecule has 0 amide bonds. The van der Waals surface area contributed by atoms with Crippen molar-refractivity contribution in [2.45, 2.75) is 31.8 Å². The third-order valence-electron chi connectivity index (χ3n) is 2.35. The Morgan fingerprint density at radius 3 is 2.70 bits per heavy atom. The number of hydrogen-bond acceptors (Lipinski definition) is 1. The Labute approximate surface area is 64.4 Å². The summed E-state index contributed by atoms with van der Waals surface area (Å²) in [7, 11) is 0.962. The molecule has 0 spiro atoms. The second-order valence-electron chi connectivity index (χ2n) is 3.13. The third-order valence-corrected chi connectivity index (χ3v) is 3.66. The van der Waals surface area contributed by atoms with Gasteiger partial charge in [-0.25, -0.2) is 0 Å². The summed E-state index contributed by atoms with van der Waals surface area (Å²) in [4.78, 5) is 11.2. The van der Waals surface area contributed by atoms with E-state index in [1.807, 2.05) is 0 Å². The summed E-state index contributed by atoms with van der Waals surface area (Å²) >= 11 is 0. The van der Waals surface area contributed by atoms with Crippen molar-refractivity contribution >= 4 is 14.4 Å². The molecule has 2 heteroatoms. The minimum atomic E-state index is 0.354. The third kappa shape index (κ3) is 1.79. The normalized spacial score (nSPS) is 35.6. The lowest BCUT2D eigenvalue weighted by Gasteiger charge is -2.23. The van der Waals surface area contributed by atoms with Crippen molar-refractivity contribution in [2.24, 2.45) is 5.92 Å². The molecule has 0 saturated heterocycles. The van der Waals surface area contributed by atoms with Gasteiger partial charge in [-0.15, -0.1) is 8.58 Å². The van der Waals surface area contributed by atoms with E-state index in [1.165, 1.54) is 6.42 Å². The molecule has 0 radical (unpaired) electrons. The van der Waals surface area contributed by atoms with Crippen molar-refractivity contribution in [3.05, 3.63) is 0 Å². The number of rotatable bonds is 1. The molecule has 1 nitrogen and oxygen atoms in total. The Hall–Kier alpha value is 0.100. The lowest BCUT2D eigenvalue weighted by molar-refractivity contribution is -0.123. The fourth-order valence-electron chi connectivity index (χ4n) is 1.40. The number of carbonyl (C=O) groups is 1. The highest BCUT2D eigenvalue weighted by molar-refractivity contribution is 7.38. The first kappa shape index (κ1) is 8.20. The minimum Gasteiger partial charge on any atom is -0.299 e. The van der Waals surface area contributed by atoms with E-state index in [2.05, 4.69) is 13.6 Å². The van der Waals surface area contributed by atoms with Gasteiger partial charge in [0.05, 0.1) is 0 Å². The Morgan fingerprint density at radius 2 is 2.20 bits per heavy atom. The summed E-state index contributed by atoms with van der Waals surface area (Å²) in [5.41, 5.74) is 0.726. The Balaban J connectivity index is 2.41. The van der Waals surface area contributed by atoms with Crippen LogP contribution in [0.1, 0.15) is 26.2 Å². The van der Waals surface area contributed by atoms with Crippen LogP contribution >= 0.6 is 8.58 Å². The van der Waals surface area contributed by atoms with Crippen LogP contribution in [0.5, 0.6) is 0 Å². The summed E-state index contributed by atoms with van der Waals surface area (Å²) in [6.07, 6.45) is 3.27. The predicted octanol–water partition coefficient (Wildman–Crippen LogP) is 2.05. The van der Waals surface area contributed by atoms with Gasteiger partial charge in [-0.1, -0.05) is 6.92 Å². The molecular weight excluding hydrogens is 143 g/mol. The molecule has 10 heavy (non-hydrogen) atoms. The zero-order chi connectivity index (χ0) is 7.56. The van der Waals surface area contributed by atoms with Crippen LogP contribution in [0.15, 0.2) is 0 Å². The maximum atomic E-state index is 11.2. The summed E-state index contributed by atoms with van der Waals surface area (Å²) in [5.74, 6) is 0.846. The molecule has 2 unspecified atom stereocenters. The molecule has 0 aliphatic heterocycles. The topological polar surface area (TPSA) is 17.1 Å². The van der Waals surface area contributed by atoms with Crippen molar-refractivity contribution in [2.75, 3.05) is 6.66 Å². The Kier molecular flexibility index (Phi) is 2.85. The lowest BCUT2D eigenvalue weighted by Crippen LogP contribution is -2.23. The van der Waals surface area contributed by atoms with E-state index >= 15 is 0 Å². The van der Waals surface area contributed by atoms with Crippen molar-refractivity contribution < 1.29 is 4.79 Å². The Bertz CT molecular complexity index is 133. The van der Waals surface area contributed by atoms with E-state index in [0.717, 1.165) is 27.1 Å². The first-order valence-corrected chi connectivity index (χ1v) is 5.51. The van der Waals surface area contributed by atoms with E-state index in [4.69, 9.17) is 0 Å². The van der Waals surface area contributed by atoms with Crippen LogP contribution in [0.25, 0.3) is 0 Å². The van der Waals surface area contributed by atoms with Gasteiger partial charge in [0.2, 0.25) is 0 Å². The van der Waals surface area contributed by atoms with Gasteiger partial charge < -0.3 is 0 Å². The van der Waals surface area contributed by atoms with Gasteiger partial charge >= 0.3 is 0 Å². The smallest absolute Gasteiger partial charge is 0.136 e. The minimum absolute atomic E-state index is 0.354. The van der Waals surface area contributed by atoms with Crippen molar-refractivity contribution in [1.82, 2.24) is 0 Å². The van der Waals surface area contributed by atoms with Gasteiger partial charge in [-0.05, 0) is 25.2 Å². The van der Waals surface area contributed by atoms with Gasteiger partial charge in [-0.3, -0.25) is 4.79 Å². The van der Waals surface area contributed by atoms with Gasteiger partial charge in [0, 0.05) is 12.3 Å². The largest absolute Gasteiger partial charge is 0.299 e. The molecule has 58 valence electrons. The monoisotopic (exact) mass is 158 g/mol. The van der Waals surface area contributed by atoms with Crippen LogP contribution in [-0.2, 0) is 4.79 Å². The van der Waals surface area contributed by atoms with Gasteiger partial charge in [0.1, 0.15) is 5.78 Å². The highest BCUT2D eigenvalue weighted by Gasteiger charge is 2.23. The van der Waals surface area contributed by atoms with Crippen molar-refractivity contribution in [3.8, 4) is 0 Å². The molecule has 1 aliphatic carbocycles. The maximum absolute atomic E-state index is 11.2. The van der Waals surface area contributed by atoms with Crippen LogP contribution in [0.4, 0.5) is 0 Å². The molecule has 1 rings (SSSR count). The van der Waals surface area contributed by atoms with Crippen molar-refractivity contribution in [3.63, 3.8) is 0 Å². The fraction of sp³-hybridized carbons (Fsp3) is 0.875. The van der Waals surface area contributed by atoms with Crippen LogP contribution in [0.2, 0.25) is 0 Å². The molecule has 0 bridgehead atoms. The lowest BCUT2D eigenvalue weighted by atomic mass is 9.89. The predicted molar refractivity (Wildman–Crippen MR) is 46.0 cm³/mol. The molecule has 1 fully saturated rings. The van der Waals surface area contributed by atoms with Crippen LogP contribution in [0, 0.1) is 5.92 Å². The van der Waals surface area contributed by atoms with Crippen LogP contribution in [0.3, 0.4) is 0 Å². The zero-order valence-electron chi connectivity index (χ0n) is 6.68. The van der Waals surface area contributed by atoms with Gasteiger partial charge in [0.25, 0.3) is 0 Å². The van der Waals surface area contributed by atoms with E-state index in [-0.39, 0.29) is 0 Å². The van der Waals surface area contributed by atoms with Gasteiger partial charge in [0.15, 0.2) is 0 Å². The molecule has 1 saturated carbocycles. The summed E-state index contributed by atoms with van der Waals surface area (Å²) in [5, 5.41) is 0. The highest BCUT2D eigenvalue weighted by atomic mass is 31.1. The van der Waals surface area contributed by atoms with E-state index in [0.29, 0.717) is 11.7 Å². The fourth-order valence-corrected chi connectivity index (χ4v) is 2.27. The number of ketones is 1. The molecule has 0 aromatic heterocycles. The molecule has 0 N–H and O–H groups in total. The van der Waals surface area contributed by atoms with E-state index in [9.17, 15) is 4.79 Å². The zero-order valence-corrected chi connectivity index (χ0v) is 7.68. The van der Waals surface area contributed by atoms with Gasteiger partial charge in [-0.2, -0.15) is 0 Å². The Morgan fingerprint density at radius 1 is 1.50 bits per heavy atom. The highest BCUT2D eigenvalue weighted by Crippen LogP contribution is 2.30.